The van der Waals surface area contributed by atoms with E-state index in [2.05, 4.69) is 98.7 Å². The minimum absolute atomic E-state index is 0.184. The van der Waals surface area contributed by atoms with Gasteiger partial charge in [0.2, 0.25) is 0 Å². The van der Waals surface area contributed by atoms with Crippen molar-refractivity contribution in [2.24, 2.45) is 0 Å². The molecule has 0 radical (unpaired) electrons. The molecular weight excluding hydrogens is 406 g/mol. The fraction of sp³-hybridized carbons (Fsp3) is 0.727. The summed E-state index contributed by atoms with van der Waals surface area (Å²) in [5.74, 6) is 0. The molecule has 0 N–H and O–H groups in total. The first-order valence-corrected chi connectivity index (χ1v) is 12.2. The Hall–Kier alpha value is -1.61. The zero-order chi connectivity index (χ0) is 23.3. The molecule has 4 rings (SSSR count). The van der Waals surface area contributed by atoms with E-state index < -0.39 is 13.2 Å². The minimum atomic E-state index is -2.04. The van der Waals surface area contributed by atoms with Crippen molar-refractivity contribution in [2.45, 2.75) is 79.6 Å². The molecule has 0 aromatic carbocycles. The van der Waals surface area contributed by atoms with Crippen molar-refractivity contribution in [1.82, 2.24) is 9.38 Å². The van der Waals surface area contributed by atoms with E-state index >= 15 is 0 Å². The molecule has 0 aliphatic carbocycles. The van der Waals surface area contributed by atoms with Gasteiger partial charge in [-0.1, -0.05) is 0 Å². The minimum Gasteiger partial charge on any atom is -0.553 e. The average Bonchev–Trinajstić information content (AvgIpc) is 3.47. The molecule has 3 aliphatic rings. The molecule has 10 heteroatoms. The maximum Gasteiger partial charge on any atom is 0.409 e. The lowest BCUT2D eigenvalue weighted by molar-refractivity contribution is -0.700. The van der Waals surface area contributed by atoms with Crippen LogP contribution in [0.15, 0.2) is 24.8 Å². The molecule has 32 heavy (non-hydrogen) atoms. The van der Waals surface area contributed by atoms with Gasteiger partial charge in [-0.3, -0.25) is 13.7 Å². The van der Waals surface area contributed by atoms with Crippen molar-refractivity contribution in [3.05, 3.63) is 24.8 Å². The van der Waals surface area contributed by atoms with Gasteiger partial charge < -0.3 is 23.4 Å². The molecule has 8 nitrogen and oxygen atoms in total. The smallest absolute Gasteiger partial charge is 0.409 e. The summed E-state index contributed by atoms with van der Waals surface area (Å²) in [5, 5.41) is 0. The molecule has 1 aromatic heterocycles. The Morgan fingerprint density at radius 1 is 0.812 bits per heavy atom. The Labute approximate surface area is 192 Å². The van der Waals surface area contributed by atoms with Crippen molar-refractivity contribution in [1.29, 1.82) is 0 Å². The monoisotopic (exact) mass is 446 g/mol. The number of imidazole rings is 1. The number of aromatic nitrogens is 2. The lowest BCUT2D eigenvalue weighted by atomic mass is 9.35. The van der Waals surface area contributed by atoms with Crippen molar-refractivity contribution < 1.29 is 27.8 Å². The number of rotatable bonds is 6. The van der Waals surface area contributed by atoms with Gasteiger partial charge in [0, 0.05) is 32.6 Å². The molecule has 0 bridgehead atoms. The van der Waals surface area contributed by atoms with E-state index in [1.165, 1.54) is 0 Å². The highest BCUT2D eigenvalue weighted by atomic mass is 16.7. The first kappa shape index (κ1) is 23.5. The SMILES string of the molecule is CC(C)N1C=C[N+](C(C)C)=C([B-]2(c3n(C(C)C)cc[n+]3C(C)C)OCCO2)[B-]12OCCO2. The standard InChI is InChI=1S/C22H40B2N4O4/c1-17(2)25-11-12-28(20(7)8)24(31-15-16-32-24)21(25)23(29-13-14-30-23)22-26(18(3)4)9-10-27(22)19(5)6/h9-12,17-20H,13-16H2,1-8H3. The Kier molecular flexibility index (Phi) is 6.35. The van der Waals surface area contributed by atoms with Crippen molar-refractivity contribution >= 4 is 24.5 Å². The van der Waals surface area contributed by atoms with Crippen LogP contribution in [0.3, 0.4) is 0 Å². The van der Waals surface area contributed by atoms with Crippen LogP contribution in [0, 0.1) is 0 Å². The third kappa shape index (κ3) is 3.47. The molecule has 0 unspecified atom stereocenters. The maximum absolute atomic E-state index is 6.72. The number of hydrogen-bond donors (Lipinski definition) is 0. The molecule has 1 spiro atoms. The van der Waals surface area contributed by atoms with Crippen LogP contribution in [-0.2, 0) is 18.6 Å². The second kappa shape index (κ2) is 8.63. The number of hydrogen-bond acceptors (Lipinski definition) is 5. The molecule has 1 aromatic rings. The van der Waals surface area contributed by atoms with Gasteiger partial charge in [0.15, 0.2) is 6.20 Å². The number of nitrogens with zero attached hydrogens (tertiary/aromatic N) is 4. The summed E-state index contributed by atoms with van der Waals surface area (Å²) in [6.45, 7) is 15.7. The topological polar surface area (TPSA) is 52.0 Å². The van der Waals surface area contributed by atoms with Crippen molar-refractivity contribution in [3.8, 4) is 0 Å². The Morgan fingerprint density at radius 2 is 1.41 bits per heavy atom. The van der Waals surface area contributed by atoms with E-state index in [9.17, 15) is 0 Å². The zero-order valence-corrected chi connectivity index (χ0v) is 21.0. The Morgan fingerprint density at radius 3 is 1.91 bits per heavy atom. The second-order valence-electron chi connectivity index (χ2n) is 10.3. The van der Waals surface area contributed by atoms with E-state index in [0.29, 0.717) is 26.4 Å². The van der Waals surface area contributed by atoms with Gasteiger partial charge in [-0.25, -0.2) is 0 Å². The summed E-state index contributed by atoms with van der Waals surface area (Å²) in [4.78, 5) is 2.22. The van der Waals surface area contributed by atoms with Crippen LogP contribution in [0.25, 0.3) is 0 Å². The highest BCUT2D eigenvalue weighted by Gasteiger charge is 2.62. The van der Waals surface area contributed by atoms with Gasteiger partial charge in [0.1, 0.15) is 24.2 Å². The van der Waals surface area contributed by atoms with Gasteiger partial charge in [0.25, 0.3) is 0 Å². The Bertz CT molecular complexity index is 872. The zero-order valence-electron chi connectivity index (χ0n) is 21.0. The van der Waals surface area contributed by atoms with Crippen LogP contribution in [-0.4, -0.2) is 71.2 Å². The van der Waals surface area contributed by atoms with E-state index in [0.717, 1.165) is 11.2 Å². The molecule has 2 saturated heterocycles. The molecule has 0 atom stereocenters. The van der Waals surface area contributed by atoms with Crippen LogP contribution in [0.4, 0.5) is 0 Å². The lowest BCUT2D eigenvalue weighted by Crippen LogP contribution is -2.81. The summed E-state index contributed by atoms with van der Waals surface area (Å²) < 4.78 is 33.4. The molecule has 0 saturated carbocycles. The van der Waals surface area contributed by atoms with Gasteiger partial charge in [-0.2, -0.15) is 0 Å². The van der Waals surface area contributed by atoms with Crippen LogP contribution in [0.2, 0.25) is 0 Å². The lowest BCUT2D eigenvalue weighted by Gasteiger charge is -2.54. The molecular formula is C22H40B2N4O4. The molecule has 0 amide bonds. The average molecular weight is 446 g/mol. The van der Waals surface area contributed by atoms with Gasteiger partial charge in [0.05, 0.1) is 12.1 Å². The van der Waals surface area contributed by atoms with Crippen LogP contribution in [0.1, 0.15) is 67.5 Å². The van der Waals surface area contributed by atoms with Crippen molar-refractivity contribution in [3.63, 3.8) is 0 Å². The third-order valence-electron chi connectivity index (χ3n) is 6.93. The highest BCUT2D eigenvalue weighted by Crippen LogP contribution is 2.33. The second-order valence-corrected chi connectivity index (χ2v) is 10.3. The normalized spacial score (nSPS) is 22.7. The fourth-order valence-corrected chi connectivity index (χ4v) is 5.63. The molecule has 2 fully saturated rings. The van der Waals surface area contributed by atoms with Gasteiger partial charge >= 0.3 is 13.2 Å². The van der Waals surface area contributed by atoms with Crippen molar-refractivity contribution in [2.75, 3.05) is 26.4 Å². The van der Waals surface area contributed by atoms with E-state index in [-0.39, 0.29) is 24.2 Å². The largest absolute Gasteiger partial charge is 0.553 e. The van der Waals surface area contributed by atoms with E-state index in [4.69, 9.17) is 18.6 Å². The van der Waals surface area contributed by atoms with Crippen LogP contribution in [0.5, 0.6) is 0 Å². The van der Waals surface area contributed by atoms with Crippen LogP contribution >= 0.6 is 0 Å². The highest BCUT2D eigenvalue weighted by molar-refractivity contribution is 7.28. The third-order valence-corrected chi connectivity index (χ3v) is 6.93. The summed E-state index contributed by atoms with van der Waals surface area (Å²) >= 11 is 0. The van der Waals surface area contributed by atoms with E-state index in [1.807, 2.05) is 0 Å². The molecule has 3 aliphatic heterocycles. The summed E-state index contributed by atoms with van der Waals surface area (Å²) in [7, 11) is 0. The predicted molar refractivity (Wildman–Crippen MR) is 127 cm³/mol. The first-order chi connectivity index (χ1) is 15.2. The van der Waals surface area contributed by atoms with Crippen LogP contribution < -0.4 is 10.3 Å². The predicted octanol–water partition coefficient (Wildman–Crippen LogP) is 1.75. The molecule has 178 valence electrons. The van der Waals surface area contributed by atoms with Gasteiger partial charge in [-0.15, -0.1) is 0 Å². The summed E-state index contributed by atoms with van der Waals surface area (Å²) in [5.41, 5.74) is 1.99. The summed E-state index contributed by atoms with van der Waals surface area (Å²) in [6, 6.07) is 0.873. The fourth-order valence-electron chi connectivity index (χ4n) is 5.63. The molecule has 4 heterocycles. The Balaban J connectivity index is 2.06. The summed E-state index contributed by atoms with van der Waals surface area (Å²) in [6.07, 6.45) is 8.53. The van der Waals surface area contributed by atoms with Gasteiger partial charge in [-0.05, 0) is 66.9 Å². The quantitative estimate of drug-likeness (QED) is 0.493. The van der Waals surface area contributed by atoms with E-state index in [1.54, 1.807) is 0 Å². The maximum atomic E-state index is 6.72. The first-order valence-electron chi connectivity index (χ1n) is 12.2.